The van der Waals surface area contributed by atoms with Crippen molar-refractivity contribution in [1.29, 1.82) is 0 Å². The van der Waals surface area contributed by atoms with Crippen LogP contribution in [0, 0.1) is 0 Å². The fraction of sp³-hybridized carbons (Fsp3) is 0.971. The number of nitrogens with one attached hydrogen (secondary N) is 1. The Bertz CT molecular complexity index is 1080. The molecule has 448 valence electrons. The molecule has 0 radical (unpaired) electrons. The van der Waals surface area contributed by atoms with E-state index >= 15 is 0 Å². The van der Waals surface area contributed by atoms with Gasteiger partial charge in [0.05, 0.1) is 25.4 Å². The van der Waals surface area contributed by atoms with Crippen LogP contribution in [-0.2, 0) is 14.3 Å². The predicted octanol–water partition coefficient (Wildman–Crippen LogP) is 22.2. The third-order valence-corrected chi connectivity index (χ3v) is 16.7. The highest BCUT2D eigenvalue weighted by Gasteiger charge is 2.20. The highest BCUT2D eigenvalue weighted by atomic mass is 16.5. The number of esters is 1. The van der Waals surface area contributed by atoms with Gasteiger partial charge in [0.2, 0.25) is 5.91 Å². The summed E-state index contributed by atoms with van der Waals surface area (Å²) in [5.74, 6) is -0.00811. The highest BCUT2D eigenvalue weighted by molar-refractivity contribution is 5.76. The largest absolute Gasteiger partial charge is 0.466 e. The molecule has 6 nitrogen and oxygen atoms in total. The van der Waals surface area contributed by atoms with E-state index in [1.54, 1.807) is 0 Å². The Balaban J connectivity index is 3.34. The number of aliphatic hydroxyl groups excluding tert-OH is 2. The molecule has 0 aliphatic rings. The van der Waals surface area contributed by atoms with Crippen molar-refractivity contribution in [2.45, 2.75) is 418 Å². The molecule has 0 aliphatic heterocycles. The van der Waals surface area contributed by atoms with Gasteiger partial charge in [0.15, 0.2) is 0 Å². The number of hydrogen-bond acceptors (Lipinski definition) is 5. The van der Waals surface area contributed by atoms with Gasteiger partial charge in [0.25, 0.3) is 0 Å². The second kappa shape index (κ2) is 65.4. The van der Waals surface area contributed by atoms with E-state index < -0.39 is 12.1 Å². The zero-order valence-electron chi connectivity index (χ0n) is 51.3. The number of aliphatic hydroxyl groups is 2. The van der Waals surface area contributed by atoms with Gasteiger partial charge < -0.3 is 20.3 Å². The Morgan fingerprint density at radius 2 is 0.547 bits per heavy atom. The number of carbonyl (C=O) groups excluding carboxylic acids is 2. The maximum Gasteiger partial charge on any atom is 0.305 e. The lowest BCUT2D eigenvalue weighted by Crippen LogP contribution is -2.45. The summed E-state index contributed by atoms with van der Waals surface area (Å²) < 4.78 is 5.48. The second-order valence-corrected chi connectivity index (χ2v) is 24.2. The predicted molar refractivity (Wildman–Crippen MR) is 329 cm³/mol. The van der Waals surface area contributed by atoms with E-state index in [4.69, 9.17) is 4.74 Å². The Labute approximate surface area is 470 Å². The first-order valence-electron chi connectivity index (χ1n) is 34.8. The minimum absolute atomic E-state index is 0.0190. The topological polar surface area (TPSA) is 95.9 Å². The molecule has 1 amide bonds. The Hall–Kier alpha value is -1.14. The zero-order chi connectivity index (χ0) is 54.3. The summed E-state index contributed by atoms with van der Waals surface area (Å²) in [7, 11) is 0. The highest BCUT2D eigenvalue weighted by Crippen LogP contribution is 2.19. The molecule has 75 heavy (non-hydrogen) atoms. The minimum Gasteiger partial charge on any atom is -0.466 e. The summed E-state index contributed by atoms with van der Waals surface area (Å²) in [6, 6.07) is -0.539. The molecule has 0 bridgehead atoms. The van der Waals surface area contributed by atoms with Gasteiger partial charge in [-0.1, -0.05) is 367 Å². The van der Waals surface area contributed by atoms with Gasteiger partial charge in [-0.25, -0.2) is 0 Å². The van der Waals surface area contributed by atoms with Gasteiger partial charge in [-0.2, -0.15) is 0 Å². The van der Waals surface area contributed by atoms with E-state index in [1.165, 1.54) is 334 Å². The number of rotatable bonds is 66. The van der Waals surface area contributed by atoms with E-state index in [1.807, 2.05) is 0 Å². The van der Waals surface area contributed by atoms with Crippen molar-refractivity contribution >= 4 is 11.9 Å². The van der Waals surface area contributed by atoms with Crippen molar-refractivity contribution in [3.05, 3.63) is 0 Å². The van der Waals surface area contributed by atoms with Gasteiger partial charge >= 0.3 is 5.97 Å². The molecule has 0 aromatic carbocycles. The number of carbonyl (C=O) groups is 2. The summed E-state index contributed by atoms with van der Waals surface area (Å²) in [6.07, 6.45) is 78.6. The molecular weight excluding hydrogens is 923 g/mol. The molecule has 3 N–H and O–H groups in total. The molecule has 6 heteroatoms. The van der Waals surface area contributed by atoms with Crippen LogP contribution in [0.3, 0.4) is 0 Å². The third kappa shape index (κ3) is 61.9. The number of hydrogen-bond donors (Lipinski definition) is 3. The quantitative estimate of drug-likeness (QED) is 0.0417. The van der Waals surface area contributed by atoms with Crippen molar-refractivity contribution in [3.63, 3.8) is 0 Å². The van der Waals surface area contributed by atoms with E-state index in [2.05, 4.69) is 19.2 Å². The summed E-state index contributed by atoms with van der Waals surface area (Å²) in [5.41, 5.74) is 0. The van der Waals surface area contributed by atoms with Gasteiger partial charge in [-0.3, -0.25) is 9.59 Å². The van der Waals surface area contributed by atoms with Crippen LogP contribution >= 0.6 is 0 Å². The average Bonchev–Trinajstić information content (AvgIpc) is 3.41. The lowest BCUT2D eigenvalue weighted by atomic mass is 10.0. The van der Waals surface area contributed by atoms with Crippen LogP contribution in [0.1, 0.15) is 406 Å². The lowest BCUT2D eigenvalue weighted by molar-refractivity contribution is -0.143. The smallest absolute Gasteiger partial charge is 0.305 e. The number of unbranched alkanes of at least 4 members (excludes halogenated alkanes) is 55. The molecular formula is C69H137NO5. The second-order valence-electron chi connectivity index (χ2n) is 24.2. The molecule has 0 aromatic heterocycles. The molecule has 0 heterocycles. The first-order chi connectivity index (χ1) is 37.0. The van der Waals surface area contributed by atoms with Crippen molar-refractivity contribution in [1.82, 2.24) is 5.32 Å². The molecule has 0 saturated carbocycles. The molecule has 0 saturated heterocycles. The molecule has 0 aliphatic carbocycles. The van der Waals surface area contributed by atoms with E-state index in [9.17, 15) is 19.8 Å². The van der Waals surface area contributed by atoms with Crippen LogP contribution in [0.2, 0.25) is 0 Å². The van der Waals surface area contributed by atoms with E-state index in [0.29, 0.717) is 25.9 Å². The Kier molecular flexibility index (Phi) is 64.4. The van der Waals surface area contributed by atoms with Crippen molar-refractivity contribution in [3.8, 4) is 0 Å². The molecule has 0 rings (SSSR count). The summed E-state index contributed by atoms with van der Waals surface area (Å²) >= 11 is 0. The van der Waals surface area contributed by atoms with Crippen LogP contribution in [0.5, 0.6) is 0 Å². The van der Waals surface area contributed by atoms with Crippen molar-refractivity contribution < 1.29 is 24.5 Å². The van der Waals surface area contributed by atoms with Crippen LogP contribution < -0.4 is 5.32 Å². The van der Waals surface area contributed by atoms with Gasteiger partial charge in [0.1, 0.15) is 0 Å². The first kappa shape index (κ1) is 73.9. The average molecular weight is 1060 g/mol. The Morgan fingerprint density at radius 1 is 0.320 bits per heavy atom. The maximum atomic E-state index is 12.5. The zero-order valence-corrected chi connectivity index (χ0v) is 51.3. The number of ether oxygens (including phenoxy) is 1. The standard InChI is InChI=1S/C69H137NO5/c1-3-5-7-9-11-13-15-16-17-18-19-29-32-35-38-42-45-49-53-57-61-67(72)66(65-71)70-68(73)62-58-54-50-46-43-39-36-33-30-27-25-23-21-20-22-24-26-28-31-34-37-40-44-48-52-56-60-64-75-69(74)63-59-55-51-47-41-14-12-10-8-6-4-2/h66-67,71-72H,3-65H2,1-2H3,(H,70,73). The monoisotopic (exact) mass is 1060 g/mol. The fourth-order valence-electron chi connectivity index (χ4n) is 11.4. The third-order valence-electron chi connectivity index (χ3n) is 16.7. The van der Waals surface area contributed by atoms with Crippen LogP contribution in [0.25, 0.3) is 0 Å². The summed E-state index contributed by atoms with van der Waals surface area (Å²) in [5, 5.41) is 23.4. The SMILES string of the molecule is CCCCCCCCCCCCCCCCCCCCCCC(O)C(CO)NC(=O)CCCCCCCCCCCCCCCCCCCCCCCCCCCCCOC(=O)CCCCCCCCCCCCC. The summed E-state index contributed by atoms with van der Waals surface area (Å²) in [4.78, 5) is 24.5. The van der Waals surface area contributed by atoms with E-state index in [-0.39, 0.29) is 18.5 Å². The van der Waals surface area contributed by atoms with Crippen LogP contribution in [0.4, 0.5) is 0 Å². The molecule has 0 aromatic rings. The molecule has 0 fully saturated rings. The normalized spacial score (nSPS) is 12.4. The van der Waals surface area contributed by atoms with Gasteiger partial charge in [-0.15, -0.1) is 0 Å². The molecule has 0 spiro atoms. The van der Waals surface area contributed by atoms with Gasteiger partial charge in [0, 0.05) is 12.8 Å². The van der Waals surface area contributed by atoms with E-state index in [0.717, 1.165) is 38.5 Å². The minimum atomic E-state index is -0.662. The molecule has 2 atom stereocenters. The van der Waals surface area contributed by atoms with Crippen molar-refractivity contribution in [2.75, 3.05) is 13.2 Å². The lowest BCUT2D eigenvalue weighted by Gasteiger charge is -2.22. The molecule has 2 unspecified atom stereocenters. The van der Waals surface area contributed by atoms with Gasteiger partial charge in [-0.05, 0) is 25.7 Å². The summed E-state index contributed by atoms with van der Waals surface area (Å²) in [6.45, 7) is 5.00. The van der Waals surface area contributed by atoms with Crippen molar-refractivity contribution in [2.24, 2.45) is 0 Å². The fourth-order valence-corrected chi connectivity index (χ4v) is 11.4. The number of amides is 1. The Morgan fingerprint density at radius 3 is 0.813 bits per heavy atom. The first-order valence-corrected chi connectivity index (χ1v) is 34.8. The van der Waals surface area contributed by atoms with Crippen LogP contribution in [0.15, 0.2) is 0 Å². The van der Waals surface area contributed by atoms with Crippen LogP contribution in [-0.4, -0.2) is 47.4 Å². The maximum absolute atomic E-state index is 12.5.